The van der Waals surface area contributed by atoms with Crippen molar-refractivity contribution in [2.24, 2.45) is 0 Å². The summed E-state index contributed by atoms with van der Waals surface area (Å²) < 4.78 is 9.83. The lowest BCUT2D eigenvalue weighted by Gasteiger charge is -2.23. The first kappa shape index (κ1) is 19.8. The zero-order valence-corrected chi connectivity index (χ0v) is 15.7. The van der Waals surface area contributed by atoms with E-state index in [9.17, 15) is 9.59 Å². The van der Waals surface area contributed by atoms with E-state index in [1.165, 1.54) is 7.11 Å². The van der Waals surface area contributed by atoms with E-state index in [1.54, 1.807) is 36.3 Å². The van der Waals surface area contributed by atoms with Gasteiger partial charge >= 0.3 is 5.97 Å². The van der Waals surface area contributed by atoms with Crippen molar-refractivity contribution in [3.8, 4) is 5.75 Å². The van der Waals surface area contributed by atoms with Crippen LogP contribution in [0.25, 0.3) is 0 Å². The van der Waals surface area contributed by atoms with Crippen molar-refractivity contribution in [3.63, 3.8) is 0 Å². The molecule has 0 saturated carbocycles. The highest BCUT2D eigenvalue weighted by molar-refractivity contribution is 6.33. The van der Waals surface area contributed by atoms with E-state index in [1.807, 2.05) is 24.3 Å². The topological polar surface area (TPSA) is 55.8 Å². The van der Waals surface area contributed by atoms with E-state index < -0.39 is 0 Å². The largest absolute Gasteiger partial charge is 0.497 e. The lowest BCUT2D eigenvalue weighted by atomic mass is 10.1. The molecule has 138 valence electrons. The molecule has 6 heteroatoms. The quantitative estimate of drug-likeness (QED) is 0.661. The Morgan fingerprint density at radius 1 is 1.00 bits per heavy atom. The maximum atomic E-state index is 12.9. The second-order valence-electron chi connectivity index (χ2n) is 5.70. The van der Waals surface area contributed by atoms with Gasteiger partial charge in [-0.2, -0.15) is 0 Å². The number of hydrogen-bond acceptors (Lipinski definition) is 4. The molecule has 0 saturated heterocycles. The lowest BCUT2D eigenvalue weighted by Crippen LogP contribution is -2.35. The van der Waals surface area contributed by atoms with Crippen molar-refractivity contribution in [2.45, 2.75) is 12.8 Å². The highest BCUT2D eigenvalue weighted by atomic mass is 35.5. The molecule has 0 aliphatic rings. The number of halogens is 1. The van der Waals surface area contributed by atoms with Crippen LogP contribution in [-0.4, -0.2) is 44.1 Å². The summed E-state index contributed by atoms with van der Waals surface area (Å²) >= 11 is 6.15. The third-order valence-electron chi connectivity index (χ3n) is 4.03. The van der Waals surface area contributed by atoms with E-state index >= 15 is 0 Å². The van der Waals surface area contributed by atoms with Gasteiger partial charge in [0.15, 0.2) is 0 Å². The molecule has 2 aromatic rings. The number of amides is 1. The normalized spacial score (nSPS) is 10.3. The maximum absolute atomic E-state index is 12.9. The fourth-order valence-corrected chi connectivity index (χ4v) is 2.72. The maximum Gasteiger partial charge on any atom is 0.307 e. The molecule has 0 spiro atoms. The average molecular weight is 376 g/mol. The van der Waals surface area contributed by atoms with Crippen LogP contribution in [0.15, 0.2) is 48.5 Å². The molecule has 0 bridgehead atoms. The smallest absolute Gasteiger partial charge is 0.307 e. The monoisotopic (exact) mass is 375 g/mol. The van der Waals surface area contributed by atoms with Crippen molar-refractivity contribution in [1.29, 1.82) is 0 Å². The minimum atomic E-state index is -0.355. The van der Waals surface area contributed by atoms with E-state index in [4.69, 9.17) is 16.3 Å². The lowest BCUT2D eigenvalue weighted by molar-refractivity contribution is -0.140. The third kappa shape index (κ3) is 5.49. The molecule has 0 aromatic heterocycles. The van der Waals surface area contributed by atoms with Crippen LogP contribution in [0.5, 0.6) is 5.75 Å². The Morgan fingerprint density at radius 3 is 2.31 bits per heavy atom. The standard InChI is InChI=1S/C20H22ClNO4/c1-25-16-9-7-15(8-10-16)11-13-22(14-12-19(23)26-2)20(24)17-5-3-4-6-18(17)21/h3-10H,11-14H2,1-2H3. The van der Waals surface area contributed by atoms with Crippen LogP contribution >= 0.6 is 11.6 Å². The predicted molar refractivity (Wildman–Crippen MR) is 101 cm³/mol. The summed E-state index contributed by atoms with van der Waals surface area (Å²) in [6.45, 7) is 0.736. The second kappa shape index (κ2) is 9.82. The van der Waals surface area contributed by atoms with Crippen LogP contribution in [0.1, 0.15) is 22.3 Å². The van der Waals surface area contributed by atoms with Crippen LogP contribution in [0.3, 0.4) is 0 Å². The van der Waals surface area contributed by atoms with E-state index in [2.05, 4.69) is 4.74 Å². The number of ether oxygens (including phenoxy) is 2. The van der Waals surface area contributed by atoms with Gasteiger partial charge in [0.05, 0.1) is 31.2 Å². The third-order valence-corrected chi connectivity index (χ3v) is 4.36. The van der Waals surface area contributed by atoms with Gasteiger partial charge in [-0.15, -0.1) is 0 Å². The minimum Gasteiger partial charge on any atom is -0.497 e. The molecule has 0 fully saturated rings. The molecular weight excluding hydrogens is 354 g/mol. The number of benzene rings is 2. The number of hydrogen-bond donors (Lipinski definition) is 0. The minimum absolute atomic E-state index is 0.134. The van der Waals surface area contributed by atoms with E-state index in [0.717, 1.165) is 11.3 Å². The summed E-state index contributed by atoms with van der Waals surface area (Å²) in [7, 11) is 2.95. The van der Waals surface area contributed by atoms with Crippen molar-refractivity contribution in [3.05, 3.63) is 64.7 Å². The van der Waals surface area contributed by atoms with Crippen molar-refractivity contribution >= 4 is 23.5 Å². The summed E-state index contributed by atoms with van der Waals surface area (Å²) in [4.78, 5) is 26.0. The number of carbonyl (C=O) groups excluding carboxylic acids is 2. The van der Waals surface area contributed by atoms with Gasteiger partial charge in [-0.25, -0.2) is 0 Å². The first-order chi connectivity index (χ1) is 12.5. The van der Waals surface area contributed by atoms with Crippen molar-refractivity contribution in [2.75, 3.05) is 27.3 Å². The van der Waals surface area contributed by atoms with Gasteiger partial charge in [0.2, 0.25) is 0 Å². The SMILES string of the molecule is COC(=O)CCN(CCc1ccc(OC)cc1)C(=O)c1ccccc1Cl. The number of nitrogens with zero attached hydrogens (tertiary/aromatic N) is 1. The molecule has 0 aliphatic carbocycles. The van der Waals surface area contributed by atoms with Gasteiger partial charge in [-0.1, -0.05) is 35.9 Å². The van der Waals surface area contributed by atoms with E-state index in [-0.39, 0.29) is 24.8 Å². The Bertz CT molecular complexity index is 746. The summed E-state index contributed by atoms with van der Waals surface area (Å²) in [5.74, 6) is 0.225. The van der Waals surface area contributed by atoms with Crippen LogP contribution in [0.4, 0.5) is 0 Å². The first-order valence-electron chi connectivity index (χ1n) is 8.28. The predicted octanol–water partition coefficient (Wildman–Crippen LogP) is 3.60. The number of methoxy groups -OCH3 is 2. The van der Waals surface area contributed by atoms with Crippen molar-refractivity contribution < 1.29 is 19.1 Å². The molecule has 2 rings (SSSR count). The molecule has 26 heavy (non-hydrogen) atoms. The zero-order valence-electron chi connectivity index (χ0n) is 14.9. The molecule has 0 radical (unpaired) electrons. The van der Waals surface area contributed by atoms with Crippen LogP contribution in [0, 0.1) is 0 Å². The van der Waals surface area contributed by atoms with Crippen LogP contribution in [-0.2, 0) is 16.0 Å². The molecule has 2 aromatic carbocycles. The molecule has 0 atom stereocenters. The highest BCUT2D eigenvalue weighted by Gasteiger charge is 2.19. The summed E-state index contributed by atoms with van der Waals surface area (Å²) in [6, 6.07) is 14.6. The molecule has 0 N–H and O–H groups in total. The number of esters is 1. The molecule has 1 amide bonds. The summed E-state index contributed by atoms with van der Waals surface area (Å²) in [5, 5.41) is 0.394. The fraction of sp³-hybridized carbons (Fsp3) is 0.300. The van der Waals surface area contributed by atoms with Crippen molar-refractivity contribution in [1.82, 2.24) is 4.90 Å². The molecular formula is C20H22ClNO4. The van der Waals surface area contributed by atoms with E-state index in [0.29, 0.717) is 23.6 Å². The Labute approximate surface area is 158 Å². The van der Waals surface area contributed by atoms with Crippen LogP contribution < -0.4 is 4.74 Å². The summed E-state index contributed by atoms with van der Waals surface area (Å²) in [6.07, 6.45) is 0.788. The Morgan fingerprint density at radius 2 is 1.69 bits per heavy atom. The van der Waals surface area contributed by atoms with Gasteiger partial charge < -0.3 is 14.4 Å². The van der Waals surface area contributed by atoms with Gasteiger partial charge in [0, 0.05) is 13.1 Å². The average Bonchev–Trinajstić information content (AvgIpc) is 2.68. The Hall–Kier alpha value is -2.53. The Kier molecular flexibility index (Phi) is 7.48. The van der Waals surface area contributed by atoms with Gasteiger partial charge in [-0.3, -0.25) is 9.59 Å². The molecule has 0 heterocycles. The molecule has 5 nitrogen and oxygen atoms in total. The first-order valence-corrected chi connectivity index (χ1v) is 8.66. The van der Waals surface area contributed by atoms with Gasteiger partial charge in [0.25, 0.3) is 5.91 Å². The number of rotatable bonds is 8. The number of carbonyl (C=O) groups is 2. The highest BCUT2D eigenvalue weighted by Crippen LogP contribution is 2.18. The molecule has 0 unspecified atom stereocenters. The van der Waals surface area contributed by atoms with Crippen LogP contribution in [0.2, 0.25) is 5.02 Å². The summed E-state index contributed by atoms with van der Waals surface area (Å²) in [5.41, 5.74) is 1.49. The fourth-order valence-electron chi connectivity index (χ4n) is 2.50. The Balaban J connectivity index is 2.10. The van der Waals surface area contributed by atoms with Gasteiger partial charge in [0.1, 0.15) is 5.75 Å². The van der Waals surface area contributed by atoms with Gasteiger partial charge in [-0.05, 0) is 36.2 Å². The molecule has 0 aliphatic heterocycles. The second-order valence-corrected chi connectivity index (χ2v) is 6.10. The zero-order chi connectivity index (χ0) is 18.9.